The van der Waals surface area contributed by atoms with E-state index < -0.39 is 0 Å². The smallest absolute Gasteiger partial charge is 0.0972 e. The fraction of sp³-hybridized carbons (Fsp3) is 0.400. The maximum atomic E-state index is 3.68. The number of nitrogens with zero attached hydrogens (tertiary/aromatic N) is 1. The van der Waals surface area contributed by atoms with E-state index in [0.717, 1.165) is 45.7 Å². The molecule has 0 bridgehead atoms. The van der Waals surface area contributed by atoms with Crippen molar-refractivity contribution < 1.29 is 0 Å². The lowest BCUT2D eigenvalue weighted by Crippen LogP contribution is -2.49. The molecule has 1 saturated heterocycles. The first-order valence-corrected chi connectivity index (χ1v) is 12.8. The molecule has 4 rings (SSSR count). The van der Waals surface area contributed by atoms with Gasteiger partial charge in [0.2, 0.25) is 0 Å². The zero-order valence-corrected chi connectivity index (χ0v) is 19.9. The Morgan fingerprint density at radius 3 is 1.27 bits per heavy atom. The summed E-state index contributed by atoms with van der Waals surface area (Å²) in [5, 5.41) is 7.32. The van der Waals surface area contributed by atoms with Crippen LogP contribution in [0.5, 0.6) is 0 Å². The fourth-order valence-corrected chi connectivity index (χ4v) is 5.23. The Balaban J connectivity index is 1.79. The molecule has 2 N–H and O–H groups in total. The maximum absolute atomic E-state index is 3.68. The minimum atomic E-state index is -0.311. The molecule has 3 heteroatoms. The van der Waals surface area contributed by atoms with Gasteiger partial charge in [-0.15, -0.1) is 0 Å². The van der Waals surface area contributed by atoms with Gasteiger partial charge in [0.25, 0.3) is 0 Å². The van der Waals surface area contributed by atoms with E-state index in [1.807, 2.05) is 0 Å². The van der Waals surface area contributed by atoms with Crippen molar-refractivity contribution in [1.29, 1.82) is 0 Å². The molecular formula is C30H39N3. The molecule has 0 amide bonds. The largest absolute Gasteiger partial charge is 0.317 e. The Hall–Kier alpha value is -2.46. The van der Waals surface area contributed by atoms with Gasteiger partial charge in [0.15, 0.2) is 0 Å². The summed E-state index contributed by atoms with van der Waals surface area (Å²) in [6, 6.07) is 33.4. The zero-order chi connectivity index (χ0) is 22.6. The van der Waals surface area contributed by atoms with Gasteiger partial charge < -0.3 is 10.6 Å². The molecule has 3 nitrogen and oxygen atoms in total. The Morgan fingerprint density at radius 2 is 0.818 bits per heavy atom. The molecule has 0 atom stereocenters. The molecule has 0 radical (unpaired) electrons. The van der Waals surface area contributed by atoms with Crippen LogP contribution in [-0.2, 0) is 5.54 Å². The molecule has 3 aromatic carbocycles. The van der Waals surface area contributed by atoms with Crippen LogP contribution in [0.1, 0.15) is 48.8 Å². The zero-order valence-electron chi connectivity index (χ0n) is 19.9. The topological polar surface area (TPSA) is 27.3 Å². The highest BCUT2D eigenvalue weighted by molar-refractivity contribution is 5.49. The van der Waals surface area contributed by atoms with Crippen molar-refractivity contribution in [3.8, 4) is 0 Å². The number of nitrogens with one attached hydrogen (secondary N) is 2. The van der Waals surface area contributed by atoms with E-state index in [4.69, 9.17) is 0 Å². The molecule has 1 heterocycles. The van der Waals surface area contributed by atoms with E-state index >= 15 is 0 Å². The van der Waals surface area contributed by atoms with E-state index in [0.29, 0.717) is 0 Å². The molecule has 1 aliphatic heterocycles. The van der Waals surface area contributed by atoms with Crippen molar-refractivity contribution in [3.63, 3.8) is 0 Å². The second kappa shape index (κ2) is 12.7. The summed E-state index contributed by atoms with van der Waals surface area (Å²) in [6.45, 7) is 6.55. The molecule has 33 heavy (non-hydrogen) atoms. The molecule has 0 aromatic heterocycles. The SMILES string of the molecule is c1ccc(C(c2ccccc2)(c2ccccc2)N2CCCCNCCCCNCCC2)cc1. The third-order valence-electron chi connectivity index (χ3n) is 6.82. The second-order valence-electron chi connectivity index (χ2n) is 9.06. The molecule has 1 aliphatic rings. The minimum absolute atomic E-state index is 0.311. The highest BCUT2D eigenvalue weighted by Gasteiger charge is 2.41. The van der Waals surface area contributed by atoms with Gasteiger partial charge in [-0.1, -0.05) is 91.0 Å². The second-order valence-corrected chi connectivity index (χ2v) is 9.06. The minimum Gasteiger partial charge on any atom is -0.317 e. The Bertz CT molecular complexity index is 800. The maximum Gasteiger partial charge on any atom is 0.0972 e. The first kappa shape index (κ1) is 23.7. The molecule has 0 aliphatic carbocycles. The first-order valence-electron chi connectivity index (χ1n) is 12.8. The summed E-state index contributed by atoms with van der Waals surface area (Å²) in [5.41, 5.74) is 3.72. The van der Waals surface area contributed by atoms with Crippen LogP contribution in [0.3, 0.4) is 0 Å². The van der Waals surface area contributed by atoms with Crippen LogP contribution in [0.15, 0.2) is 91.0 Å². The summed E-state index contributed by atoms with van der Waals surface area (Å²) in [5.74, 6) is 0. The van der Waals surface area contributed by atoms with Crippen molar-refractivity contribution in [2.45, 2.75) is 37.6 Å². The van der Waals surface area contributed by atoms with E-state index in [1.54, 1.807) is 0 Å². The van der Waals surface area contributed by atoms with Gasteiger partial charge in [-0.2, -0.15) is 0 Å². The summed E-state index contributed by atoms with van der Waals surface area (Å²) in [4.78, 5) is 2.75. The lowest BCUT2D eigenvalue weighted by Gasteiger charge is -2.46. The number of rotatable bonds is 4. The average molecular weight is 442 g/mol. The number of hydrogen-bond donors (Lipinski definition) is 2. The third-order valence-corrected chi connectivity index (χ3v) is 6.82. The first-order chi connectivity index (χ1) is 16.4. The van der Waals surface area contributed by atoms with E-state index in [1.165, 1.54) is 42.4 Å². The molecule has 3 aromatic rings. The van der Waals surface area contributed by atoms with Crippen LogP contribution in [0.2, 0.25) is 0 Å². The number of hydrogen-bond acceptors (Lipinski definition) is 3. The molecule has 0 unspecified atom stereocenters. The van der Waals surface area contributed by atoms with Crippen LogP contribution in [0.4, 0.5) is 0 Å². The summed E-state index contributed by atoms with van der Waals surface area (Å²) >= 11 is 0. The molecule has 1 fully saturated rings. The van der Waals surface area contributed by atoms with Gasteiger partial charge in [-0.25, -0.2) is 0 Å². The summed E-state index contributed by atoms with van der Waals surface area (Å²) < 4.78 is 0. The van der Waals surface area contributed by atoms with Gasteiger partial charge in [-0.3, -0.25) is 4.90 Å². The molecular weight excluding hydrogens is 402 g/mol. The molecule has 0 spiro atoms. The lowest BCUT2D eigenvalue weighted by atomic mass is 9.75. The van der Waals surface area contributed by atoms with E-state index in [-0.39, 0.29) is 5.54 Å². The summed E-state index contributed by atoms with van der Waals surface area (Å²) in [7, 11) is 0. The number of benzene rings is 3. The Labute approximate surface area is 200 Å². The van der Waals surface area contributed by atoms with E-state index in [9.17, 15) is 0 Å². The van der Waals surface area contributed by atoms with Gasteiger partial charge in [-0.05, 0) is 81.5 Å². The fourth-order valence-electron chi connectivity index (χ4n) is 5.23. The standard InChI is InChI=1S/C30H39N3/c1-4-15-27(16-5-1)30(28-17-6-2-7-18-28,29-19-8-3-9-20-29)33-25-13-12-23-31-21-10-11-22-32-24-14-26-33/h1-9,15-20,31-32H,10-14,21-26H2. The molecule has 0 saturated carbocycles. The quantitative estimate of drug-likeness (QED) is 0.529. The van der Waals surface area contributed by atoms with Crippen molar-refractivity contribution in [2.75, 3.05) is 39.3 Å². The van der Waals surface area contributed by atoms with Crippen LogP contribution >= 0.6 is 0 Å². The van der Waals surface area contributed by atoms with Crippen molar-refractivity contribution in [1.82, 2.24) is 15.5 Å². The normalized spacial score (nSPS) is 17.8. The molecule has 174 valence electrons. The Morgan fingerprint density at radius 1 is 0.455 bits per heavy atom. The van der Waals surface area contributed by atoms with Crippen molar-refractivity contribution >= 4 is 0 Å². The predicted molar refractivity (Wildman–Crippen MR) is 140 cm³/mol. The van der Waals surface area contributed by atoms with Crippen LogP contribution in [0, 0.1) is 0 Å². The van der Waals surface area contributed by atoms with Gasteiger partial charge >= 0.3 is 0 Å². The third kappa shape index (κ3) is 5.92. The van der Waals surface area contributed by atoms with E-state index in [2.05, 4.69) is 107 Å². The van der Waals surface area contributed by atoms with Crippen molar-refractivity contribution in [2.24, 2.45) is 0 Å². The van der Waals surface area contributed by atoms with Crippen LogP contribution in [0.25, 0.3) is 0 Å². The van der Waals surface area contributed by atoms with Crippen LogP contribution < -0.4 is 10.6 Å². The average Bonchev–Trinajstić information content (AvgIpc) is 2.88. The van der Waals surface area contributed by atoms with Gasteiger partial charge in [0, 0.05) is 6.54 Å². The van der Waals surface area contributed by atoms with Gasteiger partial charge in [0.1, 0.15) is 0 Å². The summed E-state index contributed by atoms with van der Waals surface area (Å²) in [6.07, 6.45) is 6.06. The highest BCUT2D eigenvalue weighted by Crippen LogP contribution is 2.42. The monoisotopic (exact) mass is 441 g/mol. The van der Waals surface area contributed by atoms with Crippen LogP contribution in [-0.4, -0.2) is 44.2 Å². The highest BCUT2D eigenvalue weighted by atomic mass is 15.2. The Kier molecular flexibility index (Phi) is 9.11. The predicted octanol–water partition coefficient (Wildman–Crippen LogP) is 5.42. The van der Waals surface area contributed by atoms with Gasteiger partial charge in [0.05, 0.1) is 5.54 Å². The van der Waals surface area contributed by atoms with Crippen molar-refractivity contribution in [3.05, 3.63) is 108 Å². The lowest BCUT2D eigenvalue weighted by molar-refractivity contribution is 0.151.